The van der Waals surface area contributed by atoms with Crippen molar-refractivity contribution in [1.29, 1.82) is 0 Å². The molecule has 0 bridgehead atoms. The highest BCUT2D eigenvalue weighted by molar-refractivity contribution is 5.99. The predicted molar refractivity (Wildman–Crippen MR) is 171 cm³/mol. The third kappa shape index (κ3) is 5.30. The minimum atomic E-state index is -0.449. The molecule has 1 N–H and O–H groups in total. The minimum absolute atomic E-state index is 0.249. The van der Waals surface area contributed by atoms with Crippen molar-refractivity contribution in [3.63, 3.8) is 0 Å². The number of benzene rings is 2. The Labute approximate surface area is 257 Å². The van der Waals surface area contributed by atoms with Gasteiger partial charge in [-0.25, -0.2) is 9.37 Å². The van der Waals surface area contributed by atoms with Crippen molar-refractivity contribution in [3.05, 3.63) is 77.9 Å². The molecule has 4 heterocycles. The molecular formula is C35H38FN5O3. The molecule has 44 heavy (non-hydrogen) atoms. The molecular weight excluding hydrogens is 557 g/mol. The van der Waals surface area contributed by atoms with Crippen LogP contribution in [-0.4, -0.2) is 67.8 Å². The van der Waals surface area contributed by atoms with Crippen molar-refractivity contribution >= 4 is 28.7 Å². The van der Waals surface area contributed by atoms with E-state index in [4.69, 9.17) is 9.47 Å². The number of aromatic nitrogens is 2. The van der Waals surface area contributed by atoms with E-state index in [0.717, 1.165) is 60.3 Å². The average molecular weight is 596 g/mol. The second kappa shape index (κ2) is 12.0. The van der Waals surface area contributed by atoms with Gasteiger partial charge in [0.25, 0.3) is 0 Å². The Morgan fingerprint density at radius 2 is 1.89 bits per heavy atom. The summed E-state index contributed by atoms with van der Waals surface area (Å²) in [5.74, 6) is 2.00. The summed E-state index contributed by atoms with van der Waals surface area (Å²) in [5.41, 5.74) is 6.91. The summed E-state index contributed by atoms with van der Waals surface area (Å²) in [6.07, 6.45) is 8.04. The van der Waals surface area contributed by atoms with Crippen LogP contribution in [0.4, 0.5) is 10.2 Å². The van der Waals surface area contributed by atoms with Gasteiger partial charge in [0.05, 0.1) is 32.0 Å². The van der Waals surface area contributed by atoms with Crippen molar-refractivity contribution in [3.8, 4) is 22.6 Å². The van der Waals surface area contributed by atoms with Crippen molar-refractivity contribution in [2.75, 3.05) is 51.8 Å². The third-order valence-electron chi connectivity index (χ3n) is 9.17. The molecule has 7 rings (SSSR count). The van der Waals surface area contributed by atoms with Crippen LogP contribution < -0.4 is 19.7 Å². The molecule has 4 aromatic rings. The van der Waals surface area contributed by atoms with E-state index in [9.17, 15) is 9.18 Å². The standard InChI is InChI=1S/C35H38FN5O3/c1-43-32-8-4-3-7-28(32)29-15-25(31-21-39(12-13-40(31)22-42)35-33(44-2)17-27(36)19-38-35)14-26-16-30(24-6-5-11-37-18-24)41(34(26)29)20-23-9-10-23/h3-4,6-8,14-17,19,22-23,31,37H,5,9-13,18,20-21H2,1-2H3. The zero-order valence-electron chi connectivity index (χ0n) is 25.3. The van der Waals surface area contributed by atoms with E-state index in [1.165, 1.54) is 49.0 Å². The number of hydrogen-bond donors (Lipinski definition) is 1. The Bertz CT molecular complexity index is 1730. The first-order valence-electron chi connectivity index (χ1n) is 15.4. The first-order valence-corrected chi connectivity index (χ1v) is 15.4. The number of hydrogen-bond acceptors (Lipinski definition) is 6. The molecule has 1 saturated heterocycles. The van der Waals surface area contributed by atoms with Gasteiger partial charge in [0.1, 0.15) is 11.6 Å². The molecule has 1 aliphatic carbocycles. The van der Waals surface area contributed by atoms with Gasteiger partial charge >= 0.3 is 0 Å². The average Bonchev–Trinajstić information content (AvgIpc) is 3.83. The highest BCUT2D eigenvalue weighted by Gasteiger charge is 2.32. The number of nitrogens with zero attached hydrogens (tertiary/aromatic N) is 4. The molecule has 1 atom stereocenters. The molecule has 2 fully saturated rings. The topological polar surface area (TPSA) is 71.9 Å². The van der Waals surface area contributed by atoms with Crippen molar-refractivity contribution < 1.29 is 18.7 Å². The monoisotopic (exact) mass is 595 g/mol. The third-order valence-corrected chi connectivity index (χ3v) is 9.17. The molecule has 2 aromatic carbocycles. The second-order valence-corrected chi connectivity index (χ2v) is 12.0. The second-order valence-electron chi connectivity index (χ2n) is 12.0. The van der Waals surface area contributed by atoms with E-state index < -0.39 is 5.82 Å². The Morgan fingerprint density at radius 1 is 1.05 bits per heavy atom. The summed E-state index contributed by atoms with van der Waals surface area (Å²) in [6.45, 7) is 4.39. The van der Waals surface area contributed by atoms with E-state index in [1.54, 1.807) is 7.11 Å². The lowest BCUT2D eigenvalue weighted by molar-refractivity contribution is -0.120. The van der Waals surface area contributed by atoms with Gasteiger partial charge in [-0.1, -0.05) is 24.3 Å². The Balaban J connectivity index is 1.41. The van der Waals surface area contributed by atoms with Gasteiger partial charge in [-0.2, -0.15) is 0 Å². The van der Waals surface area contributed by atoms with E-state index in [1.807, 2.05) is 23.1 Å². The van der Waals surface area contributed by atoms with Gasteiger partial charge in [0.15, 0.2) is 11.6 Å². The van der Waals surface area contributed by atoms with Crippen molar-refractivity contribution in [2.45, 2.75) is 31.8 Å². The fraction of sp³-hybridized carbons (Fsp3) is 0.371. The van der Waals surface area contributed by atoms with Crippen LogP contribution in [0.3, 0.4) is 0 Å². The number of anilines is 1. The number of piperazine rings is 1. The summed E-state index contributed by atoms with van der Waals surface area (Å²) in [5, 5.41) is 4.70. The molecule has 2 aliphatic heterocycles. The molecule has 3 aliphatic rings. The molecule has 0 spiro atoms. The first-order chi connectivity index (χ1) is 21.6. The number of pyridine rings is 1. The molecule has 1 saturated carbocycles. The smallest absolute Gasteiger partial charge is 0.210 e. The molecule has 1 amide bonds. The summed E-state index contributed by atoms with van der Waals surface area (Å²) < 4.78 is 27.9. The number of nitrogens with one attached hydrogen (secondary N) is 1. The van der Waals surface area contributed by atoms with E-state index in [2.05, 4.69) is 50.1 Å². The Kier molecular flexibility index (Phi) is 7.72. The summed E-state index contributed by atoms with van der Waals surface area (Å²) in [6, 6.07) is 16.1. The molecule has 8 nitrogen and oxygen atoms in total. The molecule has 1 unspecified atom stereocenters. The van der Waals surface area contributed by atoms with E-state index >= 15 is 0 Å². The summed E-state index contributed by atoms with van der Waals surface area (Å²) >= 11 is 0. The highest BCUT2D eigenvalue weighted by Crippen LogP contribution is 2.43. The van der Waals surface area contributed by atoms with Crippen LogP contribution in [0, 0.1) is 11.7 Å². The molecule has 228 valence electrons. The molecule has 9 heteroatoms. The van der Waals surface area contributed by atoms with Gasteiger partial charge in [0, 0.05) is 61.0 Å². The Hall–Kier alpha value is -4.37. The number of carbonyl (C=O) groups is 1. The lowest BCUT2D eigenvalue weighted by Gasteiger charge is -2.40. The zero-order chi connectivity index (χ0) is 30.2. The first kappa shape index (κ1) is 28.4. The van der Waals surface area contributed by atoms with Crippen LogP contribution in [0.15, 0.2) is 60.8 Å². The SMILES string of the molecule is COc1ccccc1-c1cc(C2CN(c3ncc(F)cc3OC)CCN2C=O)cc2cc(C3=CCCNC3)n(CC3CC3)c12. The maximum atomic E-state index is 14.0. The van der Waals surface area contributed by atoms with Gasteiger partial charge in [-0.05, 0) is 67.1 Å². The number of amides is 1. The number of methoxy groups -OCH3 is 2. The fourth-order valence-electron chi connectivity index (χ4n) is 6.77. The normalized spacial score (nSPS) is 18.8. The Morgan fingerprint density at radius 3 is 2.64 bits per heavy atom. The van der Waals surface area contributed by atoms with E-state index in [-0.39, 0.29) is 6.04 Å². The fourth-order valence-corrected chi connectivity index (χ4v) is 6.77. The molecule has 0 radical (unpaired) electrons. The van der Waals surface area contributed by atoms with Gasteiger partial charge < -0.3 is 29.2 Å². The molecule has 2 aromatic heterocycles. The van der Waals surface area contributed by atoms with E-state index in [0.29, 0.717) is 37.1 Å². The number of rotatable bonds is 9. The largest absolute Gasteiger partial charge is 0.496 e. The summed E-state index contributed by atoms with van der Waals surface area (Å²) in [7, 11) is 3.23. The minimum Gasteiger partial charge on any atom is -0.496 e. The number of ether oxygens (including phenoxy) is 2. The van der Waals surface area contributed by atoms with Gasteiger partial charge in [-0.3, -0.25) is 4.79 Å². The number of fused-ring (bicyclic) bond motifs is 1. The maximum absolute atomic E-state index is 14.0. The van der Waals surface area contributed by atoms with Crippen LogP contribution in [0.2, 0.25) is 0 Å². The van der Waals surface area contributed by atoms with Crippen molar-refractivity contribution in [1.82, 2.24) is 19.8 Å². The number of carbonyl (C=O) groups excluding carboxylic acids is 1. The zero-order valence-corrected chi connectivity index (χ0v) is 25.3. The number of para-hydroxylation sites is 1. The van der Waals surface area contributed by atoms with Crippen LogP contribution in [0.5, 0.6) is 11.5 Å². The van der Waals surface area contributed by atoms with Gasteiger partial charge in [0.2, 0.25) is 6.41 Å². The van der Waals surface area contributed by atoms with Crippen LogP contribution >= 0.6 is 0 Å². The lowest BCUT2D eigenvalue weighted by atomic mass is 9.94. The predicted octanol–water partition coefficient (Wildman–Crippen LogP) is 5.67. The quantitative estimate of drug-likeness (QED) is 0.252. The highest BCUT2D eigenvalue weighted by atomic mass is 19.1. The van der Waals surface area contributed by atoms with Crippen LogP contribution in [0.1, 0.15) is 36.6 Å². The van der Waals surface area contributed by atoms with Gasteiger partial charge in [-0.15, -0.1) is 0 Å². The number of halogens is 1. The van der Waals surface area contributed by atoms with Crippen LogP contribution in [0.25, 0.3) is 27.6 Å². The maximum Gasteiger partial charge on any atom is 0.210 e. The lowest BCUT2D eigenvalue weighted by Crippen LogP contribution is -2.48. The van der Waals surface area contributed by atoms with Crippen molar-refractivity contribution in [2.24, 2.45) is 5.92 Å². The van der Waals surface area contributed by atoms with Crippen LogP contribution in [-0.2, 0) is 11.3 Å². The summed E-state index contributed by atoms with van der Waals surface area (Å²) in [4.78, 5) is 20.8.